The highest BCUT2D eigenvalue weighted by atomic mass is 16.3. The van der Waals surface area contributed by atoms with E-state index >= 15 is 0 Å². The second-order valence-corrected chi connectivity index (χ2v) is 6.63. The molecule has 27 heavy (non-hydrogen) atoms. The summed E-state index contributed by atoms with van der Waals surface area (Å²) in [6.07, 6.45) is 1.65. The highest BCUT2D eigenvalue weighted by Gasteiger charge is 2.19. The number of rotatable bonds is 6. The van der Waals surface area contributed by atoms with Crippen molar-refractivity contribution in [2.75, 3.05) is 0 Å². The van der Waals surface area contributed by atoms with Gasteiger partial charge in [-0.25, -0.2) is 4.98 Å². The van der Waals surface area contributed by atoms with Crippen LogP contribution >= 0.6 is 0 Å². The Bertz CT molecular complexity index is 1100. The van der Waals surface area contributed by atoms with Gasteiger partial charge in [0.05, 0.1) is 30.4 Å². The fourth-order valence-electron chi connectivity index (χ4n) is 3.54. The lowest BCUT2D eigenvalue weighted by molar-refractivity contribution is 0.0970. The Balaban J connectivity index is 1.66. The number of aryl methyl sites for hydroxylation is 1. The Kier molecular flexibility index (Phi) is 4.41. The first-order chi connectivity index (χ1) is 13.1. The van der Waals surface area contributed by atoms with E-state index in [1.165, 1.54) is 0 Å². The molecule has 0 bridgehead atoms. The molecule has 0 spiro atoms. The van der Waals surface area contributed by atoms with Gasteiger partial charge in [-0.2, -0.15) is 0 Å². The number of hydrogen-bond donors (Lipinski definition) is 1. The lowest BCUT2D eigenvalue weighted by Gasteiger charge is -2.09. The summed E-state index contributed by atoms with van der Waals surface area (Å²) >= 11 is 0. The molecule has 0 aliphatic rings. The number of carbonyl (C=O) groups is 1. The molecule has 6 nitrogen and oxygen atoms in total. The predicted octanol–water partition coefficient (Wildman–Crippen LogP) is 3.47. The van der Waals surface area contributed by atoms with Crippen LogP contribution in [0.15, 0.2) is 53.1 Å². The van der Waals surface area contributed by atoms with Crippen molar-refractivity contribution in [2.24, 2.45) is 0 Å². The van der Waals surface area contributed by atoms with Crippen LogP contribution in [0.25, 0.3) is 11.0 Å². The molecule has 3 aromatic heterocycles. The number of fused-ring (bicyclic) bond motifs is 1. The summed E-state index contributed by atoms with van der Waals surface area (Å²) < 4.78 is 9.30. The van der Waals surface area contributed by atoms with Gasteiger partial charge in [0.1, 0.15) is 18.2 Å². The summed E-state index contributed by atoms with van der Waals surface area (Å²) in [6.45, 7) is 4.45. The molecule has 0 radical (unpaired) electrons. The lowest BCUT2D eigenvalue weighted by Crippen LogP contribution is -2.14. The number of nitrogens with zero attached hydrogens (tertiary/aromatic N) is 3. The fraction of sp³-hybridized carbons (Fsp3) is 0.238. The van der Waals surface area contributed by atoms with E-state index in [9.17, 15) is 9.90 Å². The Morgan fingerprint density at radius 2 is 1.96 bits per heavy atom. The quantitative estimate of drug-likeness (QED) is 0.532. The van der Waals surface area contributed by atoms with Gasteiger partial charge in [-0.05, 0) is 44.2 Å². The van der Waals surface area contributed by atoms with Gasteiger partial charge >= 0.3 is 0 Å². The molecule has 0 atom stereocenters. The highest BCUT2D eigenvalue weighted by molar-refractivity contribution is 5.98. The van der Waals surface area contributed by atoms with Crippen LogP contribution in [0, 0.1) is 13.8 Å². The van der Waals surface area contributed by atoms with E-state index in [0.717, 1.165) is 28.2 Å². The molecule has 6 heteroatoms. The van der Waals surface area contributed by atoms with Crippen LogP contribution in [0.3, 0.4) is 0 Å². The maximum Gasteiger partial charge on any atom is 0.184 e. The zero-order valence-electron chi connectivity index (χ0n) is 15.3. The zero-order valence-corrected chi connectivity index (χ0v) is 15.3. The van der Waals surface area contributed by atoms with Crippen molar-refractivity contribution in [2.45, 2.75) is 33.5 Å². The predicted molar refractivity (Wildman–Crippen MR) is 102 cm³/mol. The smallest absolute Gasteiger partial charge is 0.184 e. The average Bonchev–Trinajstić information content (AvgIpc) is 3.37. The van der Waals surface area contributed by atoms with E-state index in [4.69, 9.17) is 4.42 Å². The first-order valence-electron chi connectivity index (χ1n) is 8.85. The van der Waals surface area contributed by atoms with Crippen LogP contribution in [0.1, 0.15) is 33.3 Å². The minimum atomic E-state index is -0.209. The Morgan fingerprint density at radius 3 is 2.70 bits per heavy atom. The molecule has 0 unspecified atom stereocenters. The Hall–Kier alpha value is -3.12. The first kappa shape index (κ1) is 17.3. The highest BCUT2D eigenvalue weighted by Crippen LogP contribution is 2.21. The molecule has 138 valence electrons. The molecule has 4 rings (SSSR count). The second kappa shape index (κ2) is 6.89. The molecule has 0 aliphatic carbocycles. The molecule has 1 aromatic carbocycles. The van der Waals surface area contributed by atoms with E-state index in [1.54, 1.807) is 10.8 Å². The van der Waals surface area contributed by atoms with Crippen molar-refractivity contribution in [3.05, 3.63) is 77.3 Å². The number of hydrogen-bond acceptors (Lipinski definition) is 4. The minimum Gasteiger partial charge on any atom is -0.467 e. The topological polar surface area (TPSA) is 73.2 Å². The summed E-state index contributed by atoms with van der Waals surface area (Å²) in [5.41, 5.74) is 4.21. The van der Waals surface area contributed by atoms with Crippen LogP contribution in [-0.4, -0.2) is 25.0 Å². The van der Waals surface area contributed by atoms with Gasteiger partial charge in [0.25, 0.3) is 0 Å². The molecule has 3 heterocycles. The summed E-state index contributed by atoms with van der Waals surface area (Å²) in [4.78, 5) is 17.5. The van der Waals surface area contributed by atoms with Crippen LogP contribution < -0.4 is 0 Å². The summed E-state index contributed by atoms with van der Waals surface area (Å²) in [6, 6.07) is 13.3. The van der Waals surface area contributed by atoms with Gasteiger partial charge in [-0.1, -0.05) is 12.1 Å². The van der Waals surface area contributed by atoms with Gasteiger partial charge in [0.15, 0.2) is 5.78 Å². The Labute approximate surface area is 156 Å². The van der Waals surface area contributed by atoms with Crippen LogP contribution in [-0.2, 0) is 19.7 Å². The van der Waals surface area contributed by atoms with Crippen LogP contribution in [0.5, 0.6) is 0 Å². The third kappa shape index (κ3) is 3.08. The second-order valence-electron chi connectivity index (χ2n) is 6.63. The number of Topliss-reactive ketones (excluding diaryl/α,β-unsaturated/α-hetero) is 1. The van der Waals surface area contributed by atoms with Gasteiger partial charge in [-0.3, -0.25) is 4.79 Å². The number of aromatic nitrogens is 3. The third-order valence-corrected chi connectivity index (χ3v) is 4.94. The van der Waals surface area contributed by atoms with Gasteiger partial charge in [-0.15, -0.1) is 0 Å². The molecule has 0 aliphatic heterocycles. The first-order valence-corrected chi connectivity index (χ1v) is 8.85. The third-order valence-electron chi connectivity index (χ3n) is 4.94. The van der Waals surface area contributed by atoms with Crippen molar-refractivity contribution in [1.82, 2.24) is 14.1 Å². The number of aliphatic hydroxyl groups is 1. The van der Waals surface area contributed by atoms with E-state index < -0.39 is 0 Å². The maximum absolute atomic E-state index is 13.0. The molecular weight excluding hydrogens is 342 g/mol. The van der Waals surface area contributed by atoms with E-state index in [1.807, 2.05) is 56.3 Å². The largest absolute Gasteiger partial charge is 0.467 e. The van der Waals surface area contributed by atoms with Crippen LogP contribution in [0.2, 0.25) is 0 Å². The maximum atomic E-state index is 13.0. The number of furan rings is 1. The normalized spacial score (nSPS) is 11.4. The minimum absolute atomic E-state index is 0.00773. The molecule has 4 aromatic rings. The zero-order chi connectivity index (χ0) is 19.0. The van der Waals surface area contributed by atoms with Crippen molar-refractivity contribution >= 4 is 16.8 Å². The molecule has 0 saturated heterocycles. The van der Waals surface area contributed by atoms with Crippen LogP contribution in [0.4, 0.5) is 0 Å². The molecule has 0 fully saturated rings. The monoisotopic (exact) mass is 363 g/mol. The summed E-state index contributed by atoms with van der Waals surface area (Å²) in [7, 11) is 0. The average molecular weight is 363 g/mol. The summed E-state index contributed by atoms with van der Waals surface area (Å²) in [5.74, 6) is 1.33. The van der Waals surface area contributed by atoms with E-state index in [0.29, 0.717) is 17.9 Å². The lowest BCUT2D eigenvalue weighted by atomic mass is 10.1. The molecule has 0 saturated carbocycles. The molecule has 1 N–H and O–H groups in total. The molecule has 0 amide bonds. The number of carbonyl (C=O) groups excluding carboxylic acids is 1. The van der Waals surface area contributed by atoms with Crippen molar-refractivity contribution in [3.63, 3.8) is 0 Å². The van der Waals surface area contributed by atoms with Gasteiger partial charge in [0, 0.05) is 17.0 Å². The van der Waals surface area contributed by atoms with Gasteiger partial charge < -0.3 is 18.7 Å². The fourth-order valence-corrected chi connectivity index (χ4v) is 3.54. The standard InChI is InChI=1S/C21H21N3O3/c1-14-10-17(15(2)23(14)11-16-6-5-9-27-16)20(26)12-24-19-8-4-3-7-18(19)22-21(24)13-25/h3-10,25H,11-13H2,1-2H3. The molecular formula is C21H21N3O3. The van der Waals surface area contributed by atoms with Gasteiger partial charge in [0.2, 0.25) is 0 Å². The van der Waals surface area contributed by atoms with E-state index in [-0.39, 0.29) is 18.9 Å². The summed E-state index contributed by atoms with van der Waals surface area (Å²) in [5, 5.41) is 9.64. The SMILES string of the molecule is Cc1cc(C(=O)Cn2c(CO)nc3ccccc32)c(C)n1Cc1ccco1. The number of para-hydroxylation sites is 2. The van der Waals surface area contributed by atoms with Crippen molar-refractivity contribution < 1.29 is 14.3 Å². The van der Waals surface area contributed by atoms with Crippen molar-refractivity contribution in [1.29, 1.82) is 0 Å². The number of ketones is 1. The number of aliphatic hydroxyl groups excluding tert-OH is 1. The van der Waals surface area contributed by atoms with Crippen molar-refractivity contribution in [3.8, 4) is 0 Å². The van der Waals surface area contributed by atoms with E-state index in [2.05, 4.69) is 9.55 Å². The Morgan fingerprint density at radius 1 is 1.15 bits per heavy atom. The number of imidazole rings is 1. The number of benzene rings is 1.